The van der Waals surface area contributed by atoms with Gasteiger partial charge in [0.25, 0.3) is 0 Å². The molecule has 1 aliphatic rings. The third-order valence-electron chi connectivity index (χ3n) is 2.33. The molecule has 0 aromatic heterocycles. The highest BCUT2D eigenvalue weighted by molar-refractivity contribution is 5.73. The van der Waals surface area contributed by atoms with Crippen molar-refractivity contribution in [2.45, 2.75) is 13.8 Å². The van der Waals surface area contributed by atoms with E-state index in [1.807, 2.05) is 0 Å². The Morgan fingerprint density at radius 1 is 1.14 bits per heavy atom. The van der Waals surface area contributed by atoms with Gasteiger partial charge in [0.15, 0.2) is 0 Å². The predicted octanol–water partition coefficient (Wildman–Crippen LogP) is -1.21. The van der Waals surface area contributed by atoms with Crippen LogP contribution in [0.2, 0.25) is 0 Å². The topological polar surface area (TPSA) is 69.9 Å². The van der Waals surface area contributed by atoms with Gasteiger partial charge in [-0.1, -0.05) is 0 Å². The molecule has 0 radical (unpaired) electrons. The maximum absolute atomic E-state index is 11.0. The molecule has 0 aliphatic carbocycles. The van der Waals surface area contributed by atoms with Crippen LogP contribution in [-0.2, 0) is 9.59 Å². The van der Waals surface area contributed by atoms with Crippen molar-refractivity contribution in [3.05, 3.63) is 0 Å². The molecule has 1 saturated heterocycles. The summed E-state index contributed by atoms with van der Waals surface area (Å²) in [6, 6.07) is 0. The number of hydrazine groups is 2. The second kappa shape index (κ2) is 4.39. The SMILES string of the molecule is CC(=O)N1CCN(N(N)C(C)=O)CC1. The van der Waals surface area contributed by atoms with E-state index in [1.165, 1.54) is 6.92 Å². The van der Waals surface area contributed by atoms with Crippen LogP contribution >= 0.6 is 0 Å². The second-order valence-corrected chi connectivity index (χ2v) is 3.32. The smallest absolute Gasteiger partial charge is 0.248 e. The van der Waals surface area contributed by atoms with Gasteiger partial charge in [0.05, 0.1) is 0 Å². The van der Waals surface area contributed by atoms with Crippen molar-refractivity contribution in [3.63, 3.8) is 0 Å². The average Bonchev–Trinajstić information content (AvgIpc) is 2.16. The van der Waals surface area contributed by atoms with E-state index >= 15 is 0 Å². The van der Waals surface area contributed by atoms with Gasteiger partial charge < -0.3 is 4.90 Å². The number of nitrogens with two attached hydrogens (primary N) is 1. The van der Waals surface area contributed by atoms with E-state index in [0.717, 1.165) is 5.12 Å². The minimum Gasteiger partial charge on any atom is -0.340 e. The number of hydrogen-bond donors (Lipinski definition) is 1. The molecule has 6 nitrogen and oxygen atoms in total. The van der Waals surface area contributed by atoms with Crippen LogP contribution in [-0.4, -0.2) is 53.0 Å². The fourth-order valence-electron chi connectivity index (χ4n) is 1.43. The quantitative estimate of drug-likeness (QED) is 0.327. The van der Waals surface area contributed by atoms with E-state index in [4.69, 9.17) is 5.84 Å². The molecule has 6 heteroatoms. The molecule has 0 aromatic carbocycles. The third-order valence-corrected chi connectivity index (χ3v) is 2.33. The van der Waals surface area contributed by atoms with Gasteiger partial charge in [-0.05, 0) is 0 Å². The van der Waals surface area contributed by atoms with E-state index in [1.54, 1.807) is 16.8 Å². The number of nitrogens with zero attached hydrogens (tertiary/aromatic N) is 3. The van der Waals surface area contributed by atoms with Crippen molar-refractivity contribution in [3.8, 4) is 0 Å². The first kappa shape index (κ1) is 10.9. The molecule has 0 bridgehead atoms. The molecule has 0 atom stereocenters. The molecule has 1 aliphatic heterocycles. The third kappa shape index (κ3) is 2.43. The Hall–Kier alpha value is -1.14. The normalized spacial score (nSPS) is 18.1. The lowest BCUT2D eigenvalue weighted by Crippen LogP contribution is -2.58. The van der Waals surface area contributed by atoms with Crippen LogP contribution < -0.4 is 5.84 Å². The summed E-state index contributed by atoms with van der Waals surface area (Å²) in [5, 5.41) is 2.85. The van der Waals surface area contributed by atoms with Crippen LogP contribution in [0.4, 0.5) is 0 Å². The number of carbonyl (C=O) groups excluding carboxylic acids is 2. The van der Waals surface area contributed by atoms with Crippen molar-refractivity contribution in [2.75, 3.05) is 26.2 Å². The van der Waals surface area contributed by atoms with Gasteiger partial charge in [-0.3, -0.25) is 9.59 Å². The summed E-state index contributed by atoms with van der Waals surface area (Å²) in [6.07, 6.45) is 0. The average molecular weight is 200 g/mol. The lowest BCUT2D eigenvalue weighted by atomic mass is 10.3. The summed E-state index contributed by atoms with van der Waals surface area (Å²) in [5.74, 6) is 5.39. The van der Waals surface area contributed by atoms with Crippen LogP contribution in [0.25, 0.3) is 0 Å². The van der Waals surface area contributed by atoms with Gasteiger partial charge in [-0.15, -0.1) is 0 Å². The number of hydrogen-bond acceptors (Lipinski definition) is 4. The van der Waals surface area contributed by atoms with Gasteiger partial charge in [-0.2, -0.15) is 0 Å². The zero-order valence-corrected chi connectivity index (χ0v) is 8.56. The van der Waals surface area contributed by atoms with E-state index in [2.05, 4.69) is 0 Å². The summed E-state index contributed by atoms with van der Waals surface area (Å²) in [7, 11) is 0. The zero-order valence-electron chi connectivity index (χ0n) is 8.56. The van der Waals surface area contributed by atoms with E-state index < -0.39 is 0 Å². The van der Waals surface area contributed by atoms with E-state index in [9.17, 15) is 9.59 Å². The summed E-state index contributed by atoms with van der Waals surface area (Å²) in [5.41, 5.74) is 0. The van der Waals surface area contributed by atoms with Crippen molar-refractivity contribution in [1.29, 1.82) is 0 Å². The highest BCUT2D eigenvalue weighted by atomic mass is 16.2. The molecule has 1 heterocycles. The van der Waals surface area contributed by atoms with Gasteiger partial charge in [0.2, 0.25) is 11.8 Å². The molecule has 1 rings (SSSR count). The first-order valence-corrected chi connectivity index (χ1v) is 4.58. The molecule has 2 N–H and O–H groups in total. The van der Waals surface area contributed by atoms with Gasteiger partial charge in [0, 0.05) is 40.0 Å². The monoisotopic (exact) mass is 200 g/mol. The summed E-state index contributed by atoms with van der Waals surface area (Å²) < 4.78 is 0. The predicted molar refractivity (Wildman–Crippen MR) is 50.5 cm³/mol. The standard InChI is InChI=1S/C8H16N4O2/c1-7(13)10-3-5-11(6-4-10)12(9)8(2)14/h3-6,9H2,1-2H3. The summed E-state index contributed by atoms with van der Waals surface area (Å²) in [4.78, 5) is 23.7. The van der Waals surface area contributed by atoms with Crippen LogP contribution in [0.5, 0.6) is 0 Å². The molecular weight excluding hydrogens is 184 g/mol. The minimum atomic E-state index is -0.193. The van der Waals surface area contributed by atoms with Crippen molar-refractivity contribution >= 4 is 11.8 Å². The maximum atomic E-state index is 11.0. The van der Waals surface area contributed by atoms with Crippen LogP contribution in [0.3, 0.4) is 0 Å². The first-order valence-electron chi connectivity index (χ1n) is 4.58. The van der Waals surface area contributed by atoms with E-state index in [0.29, 0.717) is 26.2 Å². The fourth-order valence-corrected chi connectivity index (χ4v) is 1.43. The lowest BCUT2D eigenvalue weighted by Gasteiger charge is -2.37. The Bertz CT molecular complexity index is 235. The molecule has 0 aromatic rings. The number of carbonyl (C=O) groups is 2. The van der Waals surface area contributed by atoms with Crippen molar-refractivity contribution < 1.29 is 9.59 Å². The van der Waals surface area contributed by atoms with Crippen molar-refractivity contribution in [1.82, 2.24) is 15.0 Å². The molecule has 0 unspecified atom stereocenters. The lowest BCUT2D eigenvalue weighted by molar-refractivity contribution is -0.153. The highest BCUT2D eigenvalue weighted by Gasteiger charge is 2.22. The Morgan fingerprint density at radius 3 is 2.00 bits per heavy atom. The highest BCUT2D eigenvalue weighted by Crippen LogP contribution is 2.03. The van der Waals surface area contributed by atoms with Crippen LogP contribution in [0.15, 0.2) is 0 Å². The summed E-state index contributed by atoms with van der Waals surface area (Å²) >= 11 is 0. The largest absolute Gasteiger partial charge is 0.340 e. The van der Waals surface area contributed by atoms with Gasteiger partial charge in [-0.25, -0.2) is 16.0 Å². The Labute approximate surface area is 83.2 Å². The Morgan fingerprint density at radius 2 is 1.64 bits per heavy atom. The molecule has 2 amide bonds. The zero-order chi connectivity index (χ0) is 10.7. The Kier molecular flexibility index (Phi) is 3.43. The maximum Gasteiger partial charge on any atom is 0.248 e. The summed E-state index contributed by atoms with van der Waals surface area (Å²) in [6.45, 7) is 5.41. The molecule has 14 heavy (non-hydrogen) atoms. The minimum absolute atomic E-state index is 0.0658. The fraction of sp³-hybridized carbons (Fsp3) is 0.750. The van der Waals surface area contributed by atoms with Crippen molar-refractivity contribution in [2.24, 2.45) is 5.84 Å². The molecule has 1 fully saturated rings. The van der Waals surface area contributed by atoms with Gasteiger partial charge in [0.1, 0.15) is 0 Å². The van der Waals surface area contributed by atoms with Crippen LogP contribution in [0, 0.1) is 0 Å². The number of piperazine rings is 1. The second-order valence-electron chi connectivity index (χ2n) is 3.32. The molecule has 0 spiro atoms. The van der Waals surface area contributed by atoms with Crippen LogP contribution in [0.1, 0.15) is 13.8 Å². The van der Waals surface area contributed by atoms with E-state index in [-0.39, 0.29) is 11.8 Å². The first-order chi connectivity index (χ1) is 6.52. The Balaban J connectivity index is 2.43. The molecular formula is C8H16N4O2. The van der Waals surface area contributed by atoms with Gasteiger partial charge >= 0.3 is 0 Å². The number of amides is 2. The number of rotatable bonds is 1. The molecule has 80 valence electrons. The molecule has 0 saturated carbocycles.